The zero-order valence-electron chi connectivity index (χ0n) is 9.20. The number of carbonyl (C=O) groups is 1. The van der Waals surface area contributed by atoms with Crippen LogP contribution in [0.15, 0.2) is 27.3 Å². The zero-order chi connectivity index (χ0) is 13.3. The molecule has 0 aliphatic heterocycles. The third kappa shape index (κ3) is 2.65. The summed E-state index contributed by atoms with van der Waals surface area (Å²) in [5, 5.41) is 12.2. The van der Waals surface area contributed by atoms with Crippen molar-refractivity contribution in [2.45, 2.75) is 6.92 Å². The summed E-state index contributed by atoms with van der Waals surface area (Å²) in [5.41, 5.74) is 1.41. The molecular formula is C11H8BrClN2O3. The number of aryl methyl sites for hydroxylation is 1. The van der Waals surface area contributed by atoms with Gasteiger partial charge in [-0.25, -0.2) is 4.79 Å². The maximum atomic E-state index is 10.7. The number of nitrogens with one attached hydrogen (secondary N) is 1. The Kier molecular flexibility index (Phi) is 3.58. The van der Waals surface area contributed by atoms with Gasteiger partial charge in [0.05, 0.1) is 5.69 Å². The maximum absolute atomic E-state index is 10.7. The minimum atomic E-state index is -1.15. The molecule has 2 N–H and O–H groups in total. The molecule has 5 nitrogen and oxygen atoms in total. The first-order valence-corrected chi connectivity index (χ1v) is 6.06. The lowest BCUT2D eigenvalue weighted by Gasteiger charge is -2.07. The number of aromatic nitrogens is 1. The van der Waals surface area contributed by atoms with Crippen molar-refractivity contribution in [3.8, 4) is 0 Å². The van der Waals surface area contributed by atoms with E-state index >= 15 is 0 Å². The second kappa shape index (κ2) is 4.99. The van der Waals surface area contributed by atoms with Crippen molar-refractivity contribution in [1.29, 1.82) is 0 Å². The Balaban J connectivity index is 2.28. The van der Waals surface area contributed by atoms with Crippen LogP contribution >= 0.6 is 27.5 Å². The van der Waals surface area contributed by atoms with Gasteiger partial charge in [0.2, 0.25) is 0 Å². The molecule has 1 aromatic heterocycles. The second-order valence-electron chi connectivity index (χ2n) is 3.55. The molecule has 18 heavy (non-hydrogen) atoms. The summed E-state index contributed by atoms with van der Waals surface area (Å²) >= 11 is 9.37. The van der Waals surface area contributed by atoms with E-state index in [1.165, 1.54) is 0 Å². The number of hydrogen-bond acceptors (Lipinski definition) is 4. The predicted octanol–water partition coefficient (Wildman–Crippen LogP) is 3.84. The largest absolute Gasteiger partial charge is 0.476 e. The lowest BCUT2D eigenvalue weighted by Crippen LogP contribution is -1.97. The lowest BCUT2D eigenvalue weighted by molar-refractivity contribution is 0.0690. The van der Waals surface area contributed by atoms with Crippen LogP contribution in [-0.2, 0) is 0 Å². The first kappa shape index (κ1) is 12.9. The number of rotatable bonds is 3. The van der Waals surface area contributed by atoms with Gasteiger partial charge in [0, 0.05) is 9.50 Å². The fourth-order valence-electron chi connectivity index (χ4n) is 1.29. The summed E-state index contributed by atoms with van der Waals surface area (Å²) in [4.78, 5) is 14.4. The van der Waals surface area contributed by atoms with E-state index in [1.807, 2.05) is 13.0 Å². The van der Waals surface area contributed by atoms with Gasteiger partial charge in [0.15, 0.2) is 5.69 Å². The summed E-state index contributed by atoms with van der Waals surface area (Å²) in [7, 11) is 0. The van der Waals surface area contributed by atoms with E-state index in [1.54, 1.807) is 6.07 Å². The van der Waals surface area contributed by atoms with E-state index in [0.29, 0.717) is 10.7 Å². The highest BCUT2D eigenvalue weighted by molar-refractivity contribution is 9.10. The molecule has 1 heterocycles. The third-order valence-corrected chi connectivity index (χ3v) is 3.28. The van der Waals surface area contributed by atoms with Gasteiger partial charge in [-0.05, 0) is 40.5 Å². The molecule has 0 amide bonds. The van der Waals surface area contributed by atoms with Crippen molar-refractivity contribution in [2.24, 2.45) is 0 Å². The maximum Gasteiger partial charge on any atom is 0.357 e. The van der Waals surface area contributed by atoms with E-state index < -0.39 is 5.97 Å². The molecular weight excluding hydrogens is 323 g/mol. The van der Waals surface area contributed by atoms with E-state index in [0.717, 1.165) is 16.3 Å². The summed E-state index contributed by atoms with van der Waals surface area (Å²) < 4.78 is 5.77. The van der Waals surface area contributed by atoms with Gasteiger partial charge in [-0.1, -0.05) is 11.6 Å². The van der Waals surface area contributed by atoms with Crippen LogP contribution in [0.25, 0.3) is 0 Å². The SMILES string of the molecule is Cc1cc(Br)c(Nc2nc(C(=O)O)co2)cc1Cl. The molecule has 2 rings (SSSR count). The van der Waals surface area contributed by atoms with Crippen LogP contribution in [0, 0.1) is 6.92 Å². The zero-order valence-corrected chi connectivity index (χ0v) is 11.5. The molecule has 0 unspecified atom stereocenters. The number of halogens is 2. The molecule has 1 aromatic carbocycles. The minimum absolute atomic E-state index is 0.0908. The van der Waals surface area contributed by atoms with Crippen LogP contribution in [0.2, 0.25) is 5.02 Å². The average molecular weight is 332 g/mol. The van der Waals surface area contributed by atoms with Crippen LogP contribution in [0.4, 0.5) is 11.7 Å². The van der Waals surface area contributed by atoms with Gasteiger partial charge < -0.3 is 14.8 Å². The third-order valence-electron chi connectivity index (χ3n) is 2.21. The molecule has 0 fully saturated rings. The van der Waals surface area contributed by atoms with E-state index in [2.05, 4.69) is 26.2 Å². The number of anilines is 2. The van der Waals surface area contributed by atoms with Crippen molar-refractivity contribution in [3.63, 3.8) is 0 Å². The predicted molar refractivity (Wildman–Crippen MR) is 70.6 cm³/mol. The quantitative estimate of drug-likeness (QED) is 0.893. The monoisotopic (exact) mass is 330 g/mol. The Hall–Kier alpha value is -1.53. The van der Waals surface area contributed by atoms with Crippen molar-refractivity contribution in [1.82, 2.24) is 4.98 Å². The molecule has 7 heteroatoms. The number of hydrogen-bond donors (Lipinski definition) is 2. The van der Waals surface area contributed by atoms with Crippen LogP contribution in [-0.4, -0.2) is 16.1 Å². The summed E-state index contributed by atoms with van der Waals surface area (Å²) in [5.74, 6) is -1.15. The van der Waals surface area contributed by atoms with Gasteiger partial charge in [-0.15, -0.1) is 0 Å². The number of aromatic carboxylic acids is 1. The van der Waals surface area contributed by atoms with Gasteiger partial charge in [-0.3, -0.25) is 0 Å². The fourth-order valence-corrected chi connectivity index (χ4v) is 2.01. The Bertz CT molecular complexity index is 612. The average Bonchev–Trinajstić information content (AvgIpc) is 2.74. The van der Waals surface area contributed by atoms with Crippen LogP contribution in [0.5, 0.6) is 0 Å². The normalized spacial score (nSPS) is 10.4. The molecule has 0 aliphatic carbocycles. The molecule has 0 atom stereocenters. The standard InChI is InChI=1S/C11H8BrClN2O3/c1-5-2-6(12)8(3-7(5)13)14-11-15-9(4-18-11)10(16)17/h2-4H,1H3,(H,14,15)(H,16,17). The number of benzene rings is 1. The lowest BCUT2D eigenvalue weighted by atomic mass is 10.2. The van der Waals surface area contributed by atoms with Gasteiger partial charge in [-0.2, -0.15) is 4.98 Å². The van der Waals surface area contributed by atoms with Gasteiger partial charge in [0.1, 0.15) is 6.26 Å². The van der Waals surface area contributed by atoms with Crippen LogP contribution in [0.3, 0.4) is 0 Å². The topological polar surface area (TPSA) is 75.4 Å². The molecule has 0 bridgehead atoms. The summed E-state index contributed by atoms with van der Waals surface area (Å²) in [6.07, 6.45) is 1.06. The van der Waals surface area contributed by atoms with Gasteiger partial charge in [0.25, 0.3) is 6.01 Å². The molecule has 0 saturated carbocycles. The summed E-state index contributed by atoms with van der Waals surface area (Å²) in [6.45, 7) is 1.88. The van der Waals surface area contributed by atoms with Crippen molar-refractivity contribution >= 4 is 45.2 Å². The van der Waals surface area contributed by atoms with E-state index in [4.69, 9.17) is 21.1 Å². The highest BCUT2D eigenvalue weighted by atomic mass is 79.9. The number of carboxylic acid groups (broad SMARTS) is 1. The molecule has 0 radical (unpaired) electrons. The smallest absolute Gasteiger partial charge is 0.357 e. The van der Waals surface area contributed by atoms with Crippen LogP contribution < -0.4 is 5.32 Å². The van der Waals surface area contributed by atoms with E-state index in [9.17, 15) is 4.79 Å². The molecule has 0 saturated heterocycles. The molecule has 0 spiro atoms. The van der Waals surface area contributed by atoms with Crippen LogP contribution in [0.1, 0.15) is 16.1 Å². The van der Waals surface area contributed by atoms with Gasteiger partial charge >= 0.3 is 5.97 Å². The van der Waals surface area contributed by atoms with Crippen molar-refractivity contribution in [3.05, 3.63) is 39.1 Å². The summed E-state index contributed by atoms with van der Waals surface area (Å²) in [6, 6.07) is 3.63. The second-order valence-corrected chi connectivity index (χ2v) is 4.81. The minimum Gasteiger partial charge on any atom is -0.476 e. The highest BCUT2D eigenvalue weighted by Gasteiger charge is 2.12. The number of carboxylic acids is 1. The molecule has 2 aromatic rings. The first-order valence-electron chi connectivity index (χ1n) is 4.89. The number of nitrogens with zero attached hydrogens (tertiary/aromatic N) is 1. The molecule has 94 valence electrons. The van der Waals surface area contributed by atoms with E-state index in [-0.39, 0.29) is 11.7 Å². The highest BCUT2D eigenvalue weighted by Crippen LogP contribution is 2.31. The fraction of sp³-hybridized carbons (Fsp3) is 0.0909. The first-order chi connectivity index (χ1) is 8.47. The molecule has 0 aliphatic rings. The Labute approximate surface area is 116 Å². The Morgan fingerprint density at radius 3 is 2.89 bits per heavy atom. The van der Waals surface area contributed by atoms with Crippen molar-refractivity contribution in [2.75, 3.05) is 5.32 Å². The Morgan fingerprint density at radius 2 is 2.28 bits per heavy atom. The van der Waals surface area contributed by atoms with Crippen molar-refractivity contribution < 1.29 is 14.3 Å². The Morgan fingerprint density at radius 1 is 1.56 bits per heavy atom. The number of oxazole rings is 1.